The van der Waals surface area contributed by atoms with E-state index in [9.17, 15) is 4.79 Å². The van der Waals surface area contributed by atoms with Crippen LogP contribution >= 0.6 is 0 Å². The second-order valence-electron chi connectivity index (χ2n) is 2.86. The molecule has 0 aromatic carbocycles. The standard InChI is InChI=1S/C9H12N2O3/c1-14-9(13)3-8(10)6-2-7(12)5-11-4-6/h2,4-5,8,12H,3,10H2,1H3. The molecule has 1 aromatic heterocycles. The summed E-state index contributed by atoms with van der Waals surface area (Å²) >= 11 is 0. The van der Waals surface area contributed by atoms with Gasteiger partial charge in [0.25, 0.3) is 0 Å². The number of esters is 1. The zero-order chi connectivity index (χ0) is 10.6. The minimum atomic E-state index is -0.498. The quantitative estimate of drug-likeness (QED) is 0.681. The van der Waals surface area contributed by atoms with Crippen molar-refractivity contribution in [3.63, 3.8) is 0 Å². The molecule has 0 aliphatic carbocycles. The molecule has 0 saturated carbocycles. The highest BCUT2D eigenvalue weighted by molar-refractivity contribution is 5.70. The number of nitrogens with two attached hydrogens (primary N) is 1. The van der Waals surface area contributed by atoms with E-state index in [2.05, 4.69) is 9.72 Å². The van der Waals surface area contributed by atoms with Crippen molar-refractivity contribution in [2.45, 2.75) is 12.5 Å². The van der Waals surface area contributed by atoms with Crippen molar-refractivity contribution in [1.29, 1.82) is 0 Å². The Hall–Kier alpha value is -1.62. The summed E-state index contributed by atoms with van der Waals surface area (Å²) in [4.78, 5) is 14.7. The summed E-state index contributed by atoms with van der Waals surface area (Å²) in [5, 5.41) is 9.12. The number of aromatic nitrogens is 1. The first-order chi connectivity index (χ1) is 6.63. The summed E-state index contributed by atoms with van der Waals surface area (Å²) in [5.74, 6) is -0.358. The third-order valence-corrected chi connectivity index (χ3v) is 1.79. The van der Waals surface area contributed by atoms with Gasteiger partial charge in [0.15, 0.2) is 0 Å². The van der Waals surface area contributed by atoms with Crippen LogP contribution in [-0.4, -0.2) is 23.2 Å². The Labute approximate surface area is 81.5 Å². The third-order valence-electron chi connectivity index (χ3n) is 1.79. The fraction of sp³-hybridized carbons (Fsp3) is 0.333. The van der Waals surface area contributed by atoms with Gasteiger partial charge in [-0.2, -0.15) is 0 Å². The number of nitrogens with zero attached hydrogens (tertiary/aromatic N) is 1. The van der Waals surface area contributed by atoms with Gasteiger partial charge >= 0.3 is 5.97 Å². The molecule has 0 fully saturated rings. The lowest BCUT2D eigenvalue weighted by Crippen LogP contribution is -2.16. The number of pyridine rings is 1. The summed E-state index contributed by atoms with van der Waals surface area (Å²) in [5.41, 5.74) is 6.30. The van der Waals surface area contributed by atoms with Crippen molar-refractivity contribution in [2.24, 2.45) is 5.73 Å². The lowest BCUT2D eigenvalue weighted by Gasteiger charge is -2.09. The fourth-order valence-electron chi connectivity index (χ4n) is 1.03. The molecule has 1 unspecified atom stereocenters. The summed E-state index contributed by atoms with van der Waals surface area (Å²) < 4.78 is 4.47. The number of carbonyl (C=O) groups excluding carboxylic acids is 1. The highest BCUT2D eigenvalue weighted by atomic mass is 16.5. The summed E-state index contributed by atoms with van der Waals surface area (Å²) in [7, 11) is 1.30. The largest absolute Gasteiger partial charge is 0.506 e. The van der Waals surface area contributed by atoms with E-state index in [1.165, 1.54) is 25.6 Å². The Morgan fingerprint density at radius 3 is 3.00 bits per heavy atom. The van der Waals surface area contributed by atoms with Gasteiger partial charge in [0.2, 0.25) is 0 Å². The zero-order valence-electron chi connectivity index (χ0n) is 7.80. The van der Waals surface area contributed by atoms with Crippen LogP contribution in [0.25, 0.3) is 0 Å². The maximum atomic E-state index is 10.9. The smallest absolute Gasteiger partial charge is 0.307 e. The van der Waals surface area contributed by atoms with Crippen molar-refractivity contribution in [1.82, 2.24) is 4.98 Å². The van der Waals surface area contributed by atoms with Gasteiger partial charge in [0.1, 0.15) is 5.75 Å². The first-order valence-corrected chi connectivity index (χ1v) is 4.10. The van der Waals surface area contributed by atoms with E-state index in [1.54, 1.807) is 0 Å². The number of ether oxygens (including phenoxy) is 1. The maximum Gasteiger partial charge on any atom is 0.307 e. The van der Waals surface area contributed by atoms with Crippen LogP contribution in [0.4, 0.5) is 0 Å². The molecule has 5 heteroatoms. The predicted octanol–water partition coefficient (Wildman–Crippen LogP) is 0.350. The third kappa shape index (κ3) is 2.70. The van der Waals surface area contributed by atoms with E-state index < -0.39 is 6.04 Å². The fourth-order valence-corrected chi connectivity index (χ4v) is 1.03. The average molecular weight is 196 g/mol. The van der Waals surface area contributed by atoms with Gasteiger partial charge < -0.3 is 15.6 Å². The number of methoxy groups -OCH3 is 1. The second kappa shape index (κ2) is 4.57. The highest BCUT2D eigenvalue weighted by Gasteiger charge is 2.12. The van der Waals surface area contributed by atoms with Gasteiger partial charge in [-0.1, -0.05) is 0 Å². The van der Waals surface area contributed by atoms with Gasteiger partial charge in [-0.25, -0.2) is 0 Å². The van der Waals surface area contributed by atoms with Crippen LogP contribution in [0, 0.1) is 0 Å². The zero-order valence-corrected chi connectivity index (χ0v) is 7.80. The van der Waals surface area contributed by atoms with E-state index in [1.807, 2.05) is 0 Å². The molecule has 1 atom stereocenters. The SMILES string of the molecule is COC(=O)CC(N)c1cncc(O)c1. The van der Waals surface area contributed by atoms with Crippen molar-refractivity contribution in [2.75, 3.05) is 7.11 Å². The number of aromatic hydroxyl groups is 1. The van der Waals surface area contributed by atoms with Gasteiger partial charge in [0.05, 0.1) is 19.7 Å². The molecule has 0 aliphatic rings. The first-order valence-electron chi connectivity index (χ1n) is 4.10. The van der Waals surface area contributed by atoms with Gasteiger partial charge in [-0.15, -0.1) is 0 Å². The average Bonchev–Trinajstić information content (AvgIpc) is 2.17. The molecule has 1 heterocycles. The highest BCUT2D eigenvalue weighted by Crippen LogP contribution is 2.17. The Bertz CT molecular complexity index is 328. The van der Waals surface area contributed by atoms with Crippen molar-refractivity contribution < 1.29 is 14.6 Å². The molecule has 0 bridgehead atoms. The molecule has 0 saturated heterocycles. The van der Waals surface area contributed by atoms with Gasteiger partial charge in [-0.3, -0.25) is 9.78 Å². The topological polar surface area (TPSA) is 85.4 Å². The molecule has 3 N–H and O–H groups in total. The molecule has 1 aromatic rings. The van der Waals surface area contributed by atoms with Crippen LogP contribution in [0.15, 0.2) is 18.5 Å². The van der Waals surface area contributed by atoms with Crippen molar-refractivity contribution in [3.05, 3.63) is 24.0 Å². The monoisotopic (exact) mass is 196 g/mol. The van der Waals surface area contributed by atoms with Crippen LogP contribution in [-0.2, 0) is 9.53 Å². The summed E-state index contributed by atoms with van der Waals surface area (Å²) in [6.45, 7) is 0. The molecule has 14 heavy (non-hydrogen) atoms. The van der Waals surface area contributed by atoms with Crippen molar-refractivity contribution >= 4 is 5.97 Å². The van der Waals surface area contributed by atoms with Crippen LogP contribution in [0.1, 0.15) is 18.0 Å². The summed E-state index contributed by atoms with van der Waals surface area (Å²) in [6, 6.07) is 0.975. The molecule has 76 valence electrons. The maximum absolute atomic E-state index is 10.9. The predicted molar refractivity (Wildman–Crippen MR) is 49.5 cm³/mol. The van der Waals surface area contributed by atoms with E-state index in [-0.39, 0.29) is 18.1 Å². The van der Waals surface area contributed by atoms with E-state index >= 15 is 0 Å². The van der Waals surface area contributed by atoms with E-state index in [0.29, 0.717) is 5.56 Å². The Morgan fingerprint density at radius 2 is 2.43 bits per heavy atom. The normalized spacial score (nSPS) is 12.1. The van der Waals surface area contributed by atoms with Crippen molar-refractivity contribution in [3.8, 4) is 5.75 Å². The molecular weight excluding hydrogens is 184 g/mol. The molecule has 0 radical (unpaired) electrons. The van der Waals surface area contributed by atoms with Gasteiger partial charge in [-0.05, 0) is 11.6 Å². The lowest BCUT2D eigenvalue weighted by atomic mass is 10.1. The number of hydrogen-bond acceptors (Lipinski definition) is 5. The molecule has 0 spiro atoms. The van der Waals surface area contributed by atoms with Crippen LogP contribution < -0.4 is 5.73 Å². The van der Waals surface area contributed by atoms with Crippen LogP contribution in [0.3, 0.4) is 0 Å². The van der Waals surface area contributed by atoms with Gasteiger partial charge in [0, 0.05) is 12.2 Å². The number of carbonyl (C=O) groups is 1. The lowest BCUT2D eigenvalue weighted by molar-refractivity contribution is -0.141. The minimum Gasteiger partial charge on any atom is -0.506 e. The van der Waals surface area contributed by atoms with E-state index in [0.717, 1.165) is 0 Å². The van der Waals surface area contributed by atoms with Crippen LogP contribution in [0.2, 0.25) is 0 Å². The molecule has 0 amide bonds. The Kier molecular flexibility index (Phi) is 3.41. The minimum absolute atomic E-state index is 0.0304. The summed E-state index contributed by atoms with van der Waals surface area (Å²) in [6.07, 6.45) is 2.88. The molecule has 0 aliphatic heterocycles. The molecule has 5 nitrogen and oxygen atoms in total. The second-order valence-corrected chi connectivity index (χ2v) is 2.86. The molecule has 1 rings (SSSR count). The first kappa shape index (κ1) is 10.5. The number of hydrogen-bond donors (Lipinski definition) is 2. The number of rotatable bonds is 3. The Morgan fingerprint density at radius 1 is 1.71 bits per heavy atom. The van der Waals surface area contributed by atoms with E-state index in [4.69, 9.17) is 10.8 Å². The Balaban J connectivity index is 2.69. The van der Waals surface area contributed by atoms with Crippen LogP contribution in [0.5, 0.6) is 5.75 Å². The molecular formula is C9H12N2O3.